The van der Waals surface area contributed by atoms with Crippen LogP contribution in [-0.4, -0.2) is 30.4 Å². The third kappa shape index (κ3) is 5.64. The molecule has 0 aliphatic rings. The van der Waals surface area contributed by atoms with Crippen LogP contribution in [0.3, 0.4) is 0 Å². The highest BCUT2D eigenvalue weighted by atomic mass is 16.5. The molecule has 0 spiro atoms. The van der Waals surface area contributed by atoms with Gasteiger partial charge in [-0.05, 0) is 31.5 Å². The zero-order chi connectivity index (χ0) is 15.8. The van der Waals surface area contributed by atoms with E-state index in [-0.39, 0.29) is 18.4 Å². The van der Waals surface area contributed by atoms with E-state index >= 15 is 0 Å². The number of hydrogen-bond donors (Lipinski definition) is 2. The number of rotatable bonds is 6. The van der Waals surface area contributed by atoms with E-state index in [1.807, 2.05) is 0 Å². The van der Waals surface area contributed by atoms with Gasteiger partial charge in [0, 0.05) is 19.0 Å². The van der Waals surface area contributed by atoms with E-state index in [2.05, 4.69) is 10.6 Å². The molecule has 114 valence electrons. The molecule has 1 aromatic carbocycles. The maximum atomic E-state index is 12.0. The fourth-order valence-electron chi connectivity index (χ4n) is 1.61. The second-order valence-electron chi connectivity index (χ2n) is 4.55. The van der Waals surface area contributed by atoms with Gasteiger partial charge in [0.15, 0.2) is 0 Å². The first-order valence-electron chi connectivity index (χ1n) is 6.75. The first kappa shape index (κ1) is 16.7. The van der Waals surface area contributed by atoms with Crippen molar-refractivity contribution in [2.75, 3.05) is 6.61 Å². The van der Waals surface area contributed by atoms with Crippen molar-refractivity contribution in [3.05, 3.63) is 35.4 Å². The monoisotopic (exact) mass is 292 g/mol. The molecule has 0 radical (unpaired) electrons. The van der Waals surface area contributed by atoms with Crippen molar-refractivity contribution in [3.8, 4) is 0 Å². The lowest BCUT2D eigenvalue weighted by Crippen LogP contribution is -2.39. The molecule has 0 saturated heterocycles. The third-order valence-corrected chi connectivity index (χ3v) is 2.75. The second-order valence-corrected chi connectivity index (χ2v) is 4.55. The molecule has 0 fully saturated rings. The van der Waals surface area contributed by atoms with Gasteiger partial charge in [-0.2, -0.15) is 0 Å². The van der Waals surface area contributed by atoms with Crippen LogP contribution in [0.2, 0.25) is 0 Å². The van der Waals surface area contributed by atoms with Crippen LogP contribution in [0.15, 0.2) is 24.3 Å². The van der Waals surface area contributed by atoms with E-state index in [1.54, 1.807) is 38.1 Å². The lowest BCUT2D eigenvalue weighted by Gasteiger charge is -2.12. The summed E-state index contributed by atoms with van der Waals surface area (Å²) in [5.41, 5.74) is 1.33. The van der Waals surface area contributed by atoms with E-state index in [9.17, 15) is 14.4 Å². The van der Waals surface area contributed by atoms with E-state index < -0.39 is 12.0 Å². The van der Waals surface area contributed by atoms with Crippen molar-refractivity contribution in [2.45, 2.75) is 33.4 Å². The molecule has 1 aromatic rings. The molecule has 0 aliphatic carbocycles. The maximum Gasteiger partial charge on any atom is 0.328 e. The van der Waals surface area contributed by atoms with Crippen LogP contribution in [0.1, 0.15) is 36.7 Å². The topological polar surface area (TPSA) is 84.5 Å². The van der Waals surface area contributed by atoms with Gasteiger partial charge in [0.05, 0.1) is 6.61 Å². The van der Waals surface area contributed by atoms with Crippen LogP contribution in [-0.2, 0) is 20.9 Å². The van der Waals surface area contributed by atoms with Gasteiger partial charge in [0.1, 0.15) is 6.04 Å². The molecule has 6 heteroatoms. The predicted octanol–water partition coefficient (Wildman–Crippen LogP) is 1.00. The number of hydrogen-bond acceptors (Lipinski definition) is 4. The molecule has 1 atom stereocenters. The molecule has 2 N–H and O–H groups in total. The Bertz CT molecular complexity index is 511. The lowest BCUT2D eigenvalue weighted by atomic mass is 10.1. The van der Waals surface area contributed by atoms with Crippen LogP contribution in [0, 0.1) is 0 Å². The Balaban J connectivity index is 2.58. The van der Waals surface area contributed by atoms with Gasteiger partial charge in [-0.25, -0.2) is 4.79 Å². The van der Waals surface area contributed by atoms with Gasteiger partial charge in [-0.1, -0.05) is 12.1 Å². The summed E-state index contributed by atoms with van der Waals surface area (Å²) in [7, 11) is 0. The quantitative estimate of drug-likeness (QED) is 0.766. The highest BCUT2D eigenvalue weighted by Gasteiger charge is 2.17. The Hall–Kier alpha value is -2.37. The molecule has 6 nitrogen and oxygen atoms in total. The molecule has 0 saturated carbocycles. The third-order valence-electron chi connectivity index (χ3n) is 2.75. The molecule has 0 aliphatic heterocycles. The smallest absolute Gasteiger partial charge is 0.328 e. The molecule has 0 heterocycles. The molecule has 0 aromatic heterocycles. The summed E-state index contributed by atoms with van der Waals surface area (Å²) < 4.78 is 4.82. The molecule has 21 heavy (non-hydrogen) atoms. The fraction of sp³-hybridized carbons (Fsp3) is 0.400. The zero-order valence-electron chi connectivity index (χ0n) is 12.4. The minimum absolute atomic E-state index is 0.111. The summed E-state index contributed by atoms with van der Waals surface area (Å²) in [5.74, 6) is -0.921. The summed E-state index contributed by atoms with van der Waals surface area (Å²) in [4.78, 5) is 34.2. The second kappa shape index (κ2) is 8.04. The molecule has 2 amide bonds. The number of carbonyl (C=O) groups excluding carboxylic acids is 3. The van der Waals surface area contributed by atoms with Crippen LogP contribution in [0.5, 0.6) is 0 Å². The molecule has 0 bridgehead atoms. The fourth-order valence-corrected chi connectivity index (χ4v) is 1.61. The van der Waals surface area contributed by atoms with Crippen molar-refractivity contribution in [1.29, 1.82) is 0 Å². The molecular formula is C15H20N2O4. The highest BCUT2D eigenvalue weighted by molar-refractivity contribution is 5.96. The summed E-state index contributed by atoms with van der Waals surface area (Å²) >= 11 is 0. The van der Waals surface area contributed by atoms with E-state index in [4.69, 9.17) is 4.74 Å². The number of ether oxygens (including phenoxy) is 1. The van der Waals surface area contributed by atoms with E-state index in [1.165, 1.54) is 6.92 Å². The van der Waals surface area contributed by atoms with Gasteiger partial charge < -0.3 is 15.4 Å². The average molecular weight is 292 g/mol. The highest BCUT2D eigenvalue weighted by Crippen LogP contribution is 2.05. The molecular weight excluding hydrogens is 272 g/mol. The van der Waals surface area contributed by atoms with E-state index in [0.717, 1.165) is 5.56 Å². The summed E-state index contributed by atoms with van der Waals surface area (Å²) in [6.45, 7) is 5.41. The van der Waals surface area contributed by atoms with Gasteiger partial charge in [-0.3, -0.25) is 9.59 Å². The van der Waals surface area contributed by atoms with Crippen molar-refractivity contribution in [3.63, 3.8) is 0 Å². The minimum Gasteiger partial charge on any atom is -0.464 e. The largest absolute Gasteiger partial charge is 0.464 e. The van der Waals surface area contributed by atoms with Gasteiger partial charge in [0.2, 0.25) is 5.91 Å². The number of esters is 1. The van der Waals surface area contributed by atoms with Crippen LogP contribution in [0.4, 0.5) is 0 Å². The van der Waals surface area contributed by atoms with Crippen molar-refractivity contribution >= 4 is 17.8 Å². The van der Waals surface area contributed by atoms with Crippen LogP contribution < -0.4 is 10.6 Å². The van der Waals surface area contributed by atoms with Gasteiger partial charge >= 0.3 is 5.97 Å². The maximum absolute atomic E-state index is 12.0. The Morgan fingerprint density at radius 1 is 1.19 bits per heavy atom. The molecule has 1 unspecified atom stereocenters. The predicted molar refractivity (Wildman–Crippen MR) is 77.5 cm³/mol. The van der Waals surface area contributed by atoms with Crippen LogP contribution in [0.25, 0.3) is 0 Å². The van der Waals surface area contributed by atoms with Crippen molar-refractivity contribution in [1.82, 2.24) is 10.6 Å². The summed E-state index contributed by atoms with van der Waals surface area (Å²) in [5, 5.41) is 5.24. The Morgan fingerprint density at radius 2 is 1.81 bits per heavy atom. The number of nitrogens with one attached hydrogen (secondary N) is 2. The minimum atomic E-state index is -0.698. The summed E-state index contributed by atoms with van der Waals surface area (Å²) in [6, 6.07) is 6.09. The zero-order valence-corrected chi connectivity index (χ0v) is 12.4. The van der Waals surface area contributed by atoms with Gasteiger partial charge in [-0.15, -0.1) is 0 Å². The lowest BCUT2D eigenvalue weighted by molar-refractivity contribution is -0.144. The van der Waals surface area contributed by atoms with Crippen LogP contribution >= 0.6 is 0 Å². The number of amides is 2. The number of benzene rings is 1. The Labute approximate surface area is 123 Å². The van der Waals surface area contributed by atoms with Gasteiger partial charge in [0.25, 0.3) is 5.91 Å². The average Bonchev–Trinajstić information content (AvgIpc) is 2.45. The first-order valence-corrected chi connectivity index (χ1v) is 6.75. The van der Waals surface area contributed by atoms with Crippen molar-refractivity contribution < 1.29 is 19.1 Å². The van der Waals surface area contributed by atoms with Crippen molar-refractivity contribution in [2.24, 2.45) is 0 Å². The Morgan fingerprint density at radius 3 is 2.33 bits per heavy atom. The first-order chi connectivity index (χ1) is 9.93. The Kier molecular flexibility index (Phi) is 6.39. The summed E-state index contributed by atoms with van der Waals surface area (Å²) in [6.07, 6.45) is 0. The van der Waals surface area contributed by atoms with E-state index in [0.29, 0.717) is 12.1 Å². The SMILES string of the molecule is CCOC(=O)C(C)NC(=O)c1ccc(CNC(C)=O)cc1. The normalized spacial score (nSPS) is 11.4. The standard InChI is InChI=1S/C15H20N2O4/c1-4-21-15(20)10(2)17-14(19)13-7-5-12(6-8-13)9-16-11(3)18/h5-8,10H,4,9H2,1-3H3,(H,16,18)(H,17,19). The number of carbonyl (C=O) groups is 3. The molecule has 1 rings (SSSR count).